The average Bonchev–Trinajstić information content (AvgIpc) is 2.47. The SMILES string of the molecule is CCCCCCCCCCCCCCCCC(N)CC. The fourth-order valence-electron chi connectivity index (χ4n) is 2.81. The fraction of sp³-hybridized carbons (Fsp3) is 1.00. The molecule has 0 saturated carbocycles. The topological polar surface area (TPSA) is 26.0 Å². The van der Waals surface area contributed by atoms with Gasteiger partial charge in [0.25, 0.3) is 0 Å². The summed E-state index contributed by atoms with van der Waals surface area (Å²) in [5, 5.41) is 0. The molecule has 20 heavy (non-hydrogen) atoms. The van der Waals surface area contributed by atoms with Gasteiger partial charge in [0.1, 0.15) is 0 Å². The van der Waals surface area contributed by atoms with E-state index >= 15 is 0 Å². The highest BCUT2D eigenvalue weighted by Crippen LogP contribution is 2.13. The summed E-state index contributed by atoms with van der Waals surface area (Å²) in [6.45, 7) is 4.48. The standard InChI is InChI=1S/C19H41N/c1-3-5-6-7-8-9-10-11-12-13-14-15-16-17-18-19(20)4-2/h19H,3-18,20H2,1-2H3. The van der Waals surface area contributed by atoms with Gasteiger partial charge in [-0.05, 0) is 12.8 Å². The minimum Gasteiger partial charge on any atom is -0.328 e. The Bertz CT molecular complexity index is 167. The van der Waals surface area contributed by atoms with Gasteiger partial charge in [0.15, 0.2) is 0 Å². The lowest BCUT2D eigenvalue weighted by atomic mass is 10.0. The van der Waals surface area contributed by atoms with E-state index < -0.39 is 0 Å². The molecule has 2 N–H and O–H groups in total. The summed E-state index contributed by atoms with van der Waals surface area (Å²) in [5.74, 6) is 0. The van der Waals surface area contributed by atoms with Gasteiger partial charge in [-0.2, -0.15) is 0 Å². The molecule has 0 aliphatic carbocycles. The molecule has 0 aromatic carbocycles. The molecule has 0 rings (SSSR count). The van der Waals surface area contributed by atoms with Crippen molar-refractivity contribution in [2.75, 3.05) is 0 Å². The molecule has 0 saturated heterocycles. The van der Waals surface area contributed by atoms with E-state index in [2.05, 4.69) is 13.8 Å². The second kappa shape index (κ2) is 17.0. The average molecular weight is 284 g/mol. The van der Waals surface area contributed by atoms with Crippen LogP contribution in [0.15, 0.2) is 0 Å². The molecule has 0 fully saturated rings. The van der Waals surface area contributed by atoms with Crippen molar-refractivity contribution < 1.29 is 0 Å². The maximum atomic E-state index is 5.92. The predicted octanol–water partition coefficient (Wildman–Crippen LogP) is 6.60. The quantitative estimate of drug-likeness (QED) is 0.317. The zero-order valence-electron chi connectivity index (χ0n) is 14.5. The van der Waals surface area contributed by atoms with E-state index in [9.17, 15) is 0 Å². The first kappa shape index (κ1) is 20.0. The summed E-state index contributed by atoms with van der Waals surface area (Å²) in [6, 6.07) is 0.451. The monoisotopic (exact) mass is 283 g/mol. The molecular weight excluding hydrogens is 242 g/mol. The lowest BCUT2D eigenvalue weighted by Gasteiger charge is -2.07. The first-order chi connectivity index (χ1) is 9.81. The highest BCUT2D eigenvalue weighted by molar-refractivity contribution is 4.58. The number of rotatable bonds is 16. The van der Waals surface area contributed by atoms with Crippen LogP contribution in [0.1, 0.15) is 117 Å². The van der Waals surface area contributed by atoms with Crippen molar-refractivity contribution in [3.63, 3.8) is 0 Å². The lowest BCUT2D eigenvalue weighted by molar-refractivity contribution is 0.511. The van der Waals surface area contributed by atoms with Gasteiger partial charge in [-0.25, -0.2) is 0 Å². The Morgan fingerprint density at radius 1 is 0.550 bits per heavy atom. The Balaban J connectivity index is 2.96. The van der Waals surface area contributed by atoms with Gasteiger partial charge in [-0.3, -0.25) is 0 Å². The van der Waals surface area contributed by atoms with E-state index in [0.717, 1.165) is 6.42 Å². The molecular formula is C19H41N. The zero-order valence-corrected chi connectivity index (χ0v) is 14.5. The Morgan fingerprint density at radius 3 is 1.25 bits per heavy atom. The van der Waals surface area contributed by atoms with Crippen molar-refractivity contribution >= 4 is 0 Å². The molecule has 1 heteroatoms. The summed E-state index contributed by atoms with van der Waals surface area (Å²) in [6.07, 6.45) is 22.5. The van der Waals surface area contributed by atoms with Gasteiger partial charge in [-0.15, -0.1) is 0 Å². The zero-order chi connectivity index (χ0) is 14.9. The first-order valence-corrected chi connectivity index (χ1v) is 9.56. The highest BCUT2D eigenvalue weighted by Gasteiger charge is 1.98. The van der Waals surface area contributed by atoms with Crippen LogP contribution in [0.2, 0.25) is 0 Å². The van der Waals surface area contributed by atoms with E-state index in [0.29, 0.717) is 6.04 Å². The second-order valence-electron chi connectivity index (χ2n) is 6.55. The van der Waals surface area contributed by atoms with Gasteiger partial charge < -0.3 is 5.73 Å². The van der Waals surface area contributed by atoms with Crippen LogP contribution in [0.25, 0.3) is 0 Å². The van der Waals surface area contributed by atoms with Gasteiger partial charge in [0.2, 0.25) is 0 Å². The molecule has 1 unspecified atom stereocenters. The largest absolute Gasteiger partial charge is 0.328 e. The predicted molar refractivity (Wildman–Crippen MR) is 93.2 cm³/mol. The third-order valence-electron chi connectivity index (χ3n) is 4.45. The van der Waals surface area contributed by atoms with Crippen LogP contribution in [0.5, 0.6) is 0 Å². The molecule has 0 aliphatic rings. The van der Waals surface area contributed by atoms with Gasteiger partial charge in [0, 0.05) is 6.04 Å². The van der Waals surface area contributed by atoms with Crippen LogP contribution in [-0.2, 0) is 0 Å². The Labute approximate surface area is 129 Å². The van der Waals surface area contributed by atoms with Crippen LogP contribution >= 0.6 is 0 Å². The maximum Gasteiger partial charge on any atom is 0.00362 e. The number of unbranched alkanes of at least 4 members (excludes halogenated alkanes) is 13. The lowest BCUT2D eigenvalue weighted by Crippen LogP contribution is -2.17. The number of nitrogens with two attached hydrogens (primary N) is 1. The molecule has 0 heterocycles. The van der Waals surface area contributed by atoms with E-state index in [4.69, 9.17) is 5.73 Å². The summed E-state index contributed by atoms with van der Waals surface area (Å²) >= 11 is 0. The van der Waals surface area contributed by atoms with Crippen molar-refractivity contribution in [1.29, 1.82) is 0 Å². The summed E-state index contributed by atoms with van der Waals surface area (Å²) in [4.78, 5) is 0. The molecule has 0 spiro atoms. The number of hydrogen-bond donors (Lipinski definition) is 1. The molecule has 0 aromatic heterocycles. The molecule has 122 valence electrons. The van der Waals surface area contributed by atoms with Crippen molar-refractivity contribution in [3.05, 3.63) is 0 Å². The molecule has 0 radical (unpaired) electrons. The van der Waals surface area contributed by atoms with Crippen molar-refractivity contribution in [1.82, 2.24) is 0 Å². The smallest absolute Gasteiger partial charge is 0.00362 e. The van der Waals surface area contributed by atoms with E-state index in [1.54, 1.807) is 0 Å². The Hall–Kier alpha value is -0.0400. The van der Waals surface area contributed by atoms with Crippen LogP contribution < -0.4 is 5.73 Å². The van der Waals surface area contributed by atoms with Crippen molar-refractivity contribution in [2.45, 2.75) is 123 Å². The van der Waals surface area contributed by atoms with Crippen LogP contribution in [0.3, 0.4) is 0 Å². The maximum absolute atomic E-state index is 5.92. The van der Waals surface area contributed by atoms with Gasteiger partial charge >= 0.3 is 0 Å². The minimum atomic E-state index is 0.451. The molecule has 1 nitrogen and oxygen atoms in total. The molecule has 1 atom stereocenters. The van der Waals surface area contributed by atoms with Crippen molar-refractivity contribution in [2.24, 2.45) is 5.73 Å². The fourth-order valence-corrected chi connectivity index (χ4v) is 2.81. The normalized spacial score (nSPS) is 12.8. The Morgan fingerprint density at radius 2 is 0.900 bits per heavy atom. The second-order valence-corrected chi connectivity index (χ2v) is 6.55. The summed E-state index contributed by atoms with van der Waals surface area (Å²) in [5.41, 5.74) is 5.92. The molecule has 0 aliphatic heterocycles. The molecule has 0 bridgehead atoms. The van der Waals surface area contributed by atoms with E-state index in [1.165, 1.54) is 96.3 Å². The van der Waals surface area contributed by atoms with Gasteiger partial charge in [0.05, 0.1) is 0 Å². The molecule has 0 aromatic rings. The van der Waals surface area contributed by atoms with E-state index in [1.807, 2.05) is 0 Å². The summed E-state index contributed by atoms with van der Waals surface area (Å²) in [7, 11) is 0. The van der Waals surface area contributed by atoms with Crippen molar-refractivity contribution in [3.8, 4) is 0 Å². The van der Waals surface area contributed by atoms with Crippen LogP contribution in [0.4, 0.5) is 0 Å². The molecule has 0 amide bonds. The van der Waals surface area contributed by atoms with Crippen LogP contribution in [-0.4, -0.2) is 6.04 Å². The Kier molecular flexibility index (Phi) is 17.0. The van der Waals surface area contributed by atoms with Gasteiger partial charge in [-0.1, -0.05) is 104 Å². The summed E-state index contributed by atoms with van der Waals surface area (Å²) < 4.78 is 0. The van der Waals surface area contributed by atoms with E-state index in [-0.39, 0.29) is 0 Å². The van der Waals surface area contributed by atoms with Crippen LogP contribution in [0, 0.1) is 0 Å². The first-order valence-electron chi connectivity index (χ1n) is 9.56. The minimum absolute atomic E-state index is 0.451. The third-order valence-corrected chi connectivity index (χ3v) is 4.45. The highest BCUT2D eigenvalue weighted by atomic mass is 14.6. The third kappa shape index (κ3) is 16.0. The number of hydrogen-bond acceptors (Lipinski definition) is 1.